The largest absolute Gasteiger partial charge is 0.351 e. The number of amides is 1. The number of benzene rings is 1. The Labute approximate surface area is 169 Å². The minimum atomic E-state index is 0.107. The van der Waals surface area contributed by atoms with Crippen LogP contribution in [0.2, 0.25) is 0 Å². The lowest BCUT2D eigenvalue weighted by Crippen LogP contribution is -2.45. The fraction of sp³-hybridized carbons (Fsp3) is 0.565. The molecule has 0 unspecified atom stereocenters. The standard InChI is InChI=1S/C23H34N4O/c1-17(2)26(21-12-8-9-13-21)16-23(28)24-14-22-18(3)25-27(19(22)4)15-20-10-6-5-7-11-20/h5-7,10-11,17,21H,8-9,12-16H2,1-4H3,(H,24,28). The van der Waals surface area contributed by atoms with E-state index in [1.807, 2.05) is 29.8 Å². The first-order valence-corrected chi connectivity index (χ1v) is 10.5. The smallest absolute Gasteiger partial charge is 0.234 e. The van der Waals surface area contributed by atoms with Gasteiger partial charge in [-0.15, -0.1) is 0 Å². The summed E-state index contributed by atoms with van der Waals surface area (Å²) in [7, 11) is 0. The summed E-state index contributed by atoms with van der Waals surface area (Å²) in [4.78, 5) is 15.0. The first-order valence-electron chi connectivity index (χ1n) is 10.5. The van der Waals surface area contributed by atoms with E-state index < -0.39 is 0 Å². The number of rotatable bonds is 8. The number of carbonyl (C=O) groups excluding carboxylic acids is 1. The molecule has 1 fully saturated rings. The summed E-state index contributed by atoms with van der Waals surface area (Å²) in [5, 5.41) is 7.82. The zero-order valence-electron chi connectivity index (χ0n) is 17.7. The van der Waals surface area contributed by atoms with Gasteiger partial charge in [-0.3, -0.25) is 14.4 Å². The Hall–Kier alpha value is -2.14. The van der Waals surface area contributed by atoms with Crippen molar-refractivity contribution in [2.24, 2.45) is 0 Å². The van der Waals surface area contributed by atoms with Gasteiger partial charge in [-0.1, -0.05) is 43.2 Å². The van der Waals surface area contributed by atoms with Crippen molar-refractivity contribution in [1.82, 2.24) is 20.0 Å². The molecule has 0 saturated heterocycles. The Kier molecular flexibility index (Phi) is 6.89. The van der Waals surface area contributed by atoms with Gasteiger partial charge in [0.1, 0.15) is 0 Å². The molecule has 1 aliphatic rings. The fourth-order valence-electron chi connectivity index (χ4n) is 4.28. The highest BCUT2D eigenvalue weighted by atomic mass is 16.2. The van der Waals surface area contributed by atoms with Crippen LogP contribution in [0.4, 0.5) is 0 Å². The molecule has 5 nitrogen and oxygen atoms in total. The van der Waals surface area contributed by atoms with Gasteiger partial charge in [0, 0.05) is 29.9 Å². The average molecular weight is 383 g/mol. The van der Waals surface area contributed by atoms with Crippen LogP contribution in [0.1, 0.15) is 62.0 Å². The molecule has 28 heavy (non-hydrogen) atoms. The Bertz CT molecular complexity index is 775. The molecule has 1 aliphatic carbocycles. The summed E-state index contributed by atoms with van der Waals surface area (Å²) >= 11 is 0. The Balaban J connectivity index is 1.60. The average Bonchev–Trinajstić information content (AvgIpc) is 3.28. The van der Waals surface area contributed by atoms with Crippen LogP contribution < -0.4 is 5.32 Å². The van der Waals surface area contributed by atoms with E-state index >= 15 is 0 Å². The minimum absolute atomic E-state index is 0.107. The highest BCUT2D eigenvalue weighted by Gasteiger charge is 2.26. The summed E-state index contributed by atoms with van der Waals surface area (Å²) in [5.41, 5.74) is 4.47. The van der Waals surface area contributed by atoms with Crippen LogP contribution in [0.5, 0.6) is 0 Å². The molecule has 0 radical (unpaired) electrons. The molecule has 2 aromatic rings. The van der Waals surface area contributed by atoms with Crippen molar-refractivity contribution >= 4 is 5.91 Å². The molecule has 0 spiro atoms. The summed E-state index contributed by atoms with van der Waals surface area (Å²) in [5.74, 6) is 0.107. The molecule has 1 aromatic carbocycles. The van der Waals surface area contributed by atoms with Crippen molar-refractivity contribution in [2.45, 2.75) is 78.6 Å². The van der Waals surface area contributed by atoms with E-state index in [0.717, 1.165) is 23.5 Å². The van der Waals surface area contributed by atoms with Gasteiger partial charge in [0.25, 0.3) is 0 Å². The number of carbonyl (C=O) groups is 1. The normalized spacial score (nSPS) is 14.9. The van der Waals surface area contributed by atoms with E-state index in [-0.39, 0.29) is 5.91 Å². The van der Waals surface area contributed by atoms with E-state index in [1.54, 1.807) is 0 Å². The van der Waals surface area contributed by atoms with Crippen molar-refractivity contribution in [3.05, 3.63) is 52.8 Å². The molecule has 0 bridgehead atoms. The van der Waals surface area contributed by atoms with Crippen LogP contribution in [0.25, 0.3) is 0 Å². The van der Waals surface area contributed by atoms with E-state index in [2.05, 4.69) is 43.1 Å². The lowest BCUT2D eigenvalue weighted by Gasteiger charge is -2.31. The van der Waals surface area contributed by atoms with Gasteiger partial charge in [-0.05, 0) is 46.1 Å². The number of nitrogens with one attached hydrogen (secondary N) is 1. The maximum absolute atomic E-state index is 12.6. The first-order chi connectivity index (χ1) is 13.5. The van der Waals surface area contributed by atoms with Gasteiger partial charge in [0.15, 0.2) is 0 Å². The molecule has 1 amide bonds. The van der Waals surface area contributed by atoms with Crippen molar-refractivity contribution in [1.29, 1.82) is 0 Å². The van der Waals surface area contributed by atoms with Crippen molar-refractivity contribution < 1.29 is 4.79 Å². The molecule has 1 saturated carbocycles. The highest BCUT2D eigenvalue weighted by molar-refractivity contribution is 5.78. The molecule has 152 valence electrons. The predicted octanol–water partition coefficient (Wildman–Crippen LogP) is 3.82. The molecule has 1 N–H and O–H groups in total. The first kappa shape index (κ1) is 20.6. The van der Waals surface area contributed by atoms with Crippen molar-refractivity contribution in [3.8, 4) is 0 Å². The third kappa shape index (κ3) is 5.02. The van der Waals surface area contributed by atoms with Gasteiger partial charge >= 0.3 is 0 Å². The molecule has 0 atom stereocenters. The van der Waals surface area contributed by atoms with Gasteiger partial charge in [0.05, 0.1) is 18.8 Å². The summed E-state index contributed by atoms with van der Waals surface area (Å²) < 4.78 is 2.03. The van der Waals surface area contributed by atoms with Crippen LogP contribution in [-0.2, 0) is 17.9 Å². The van der Waals surface area contributed by atoms with Gasteiger partial charge in [0.2, 0.25) is 5.91 Å². The number of aromatic nitrogens is 2. The van der Waals surface area contributed by atoms with Crippen LogP contribution in [-0.4, -0.2) is 39.2 Å². The Morgan fingerprint density at radius 3 is 2.54 bits per heavy atom. The highest BCUT2D eigenvalue weighted by Crippen LogP contribution is 2.24. The molecular formula is C23H34N4O. The molecule has 3 rings (SSSR count). The third-order valence-corrected chi connectivity index (χ3v) is 5.95. The second-order valence-corrected chi connectivity index (χ2v) is 8.27. The molecule has 5 heteroatoms. The second-order valence-electron chi connectivity index (χ2n) is 8.27. The molecular weight excluding hydrogens is 348 g/mol. The predicted molar refractivity (Wildman–Crippen MR) is 113 cm³/mol. The van der Waals surface area contributed by atoms with E-state index in [4.69, 9.17) is 5.10 Å². The van der Waals surface area contributed by atoms with Crippen LogP contribution in [0, 0.1) is 13.8 Å². The van der Waals surface area contributed by atoms with Crippen LogP contribution in [0.15, 0.2) is 30.3 Å². The summed E-state index contributed by atoms with van der Waals surface area (Å²) in [6.07, 6.45) is 5.01. The Morgan fingerprint density at radius 1 is 1.21 bits per heavy atom. The van der Waals surface area contributed by atoms with Crippen molar-refractivity contribution in [2.75, 3.05) is 6.54 Å². The summed E-state index contributed by atoms with van der Waals surface area (Å²) in [6, 6.07) is 11.3. The SMILES string of the molecule is Cc1nn(Cc2ccccc2)c(C)c1CNC(=O)CN(C(C)C)C1CCCC1. The number of nitrogens with zero attached hydrogens (tertiary/aromatic N) is 3. The monoisotopic (exact) mass is 382 g/mol. The maximum atomic E-state index is 12.6. The fourth-order valence-corrected chi connectivity index (χ4v) is 4.28. The molecule has 0 aliphatic heterocycles. The lowest BCUT2D eigenvalue weighted by molar-refractivity contribution is -0.123. The number of aryl methyl sites for hydroxylation is 1. The zero-order chi connectivity index (χ0) is 20.1. The van der Waals surface area contributed by atoms with Gasteiger partial charge in [-0.2, -0.15) is 5.10 Å². The Morgan fingerprint density at radius 2 is 1.89 bits per heavy atom. The number of hydrogen-bond acceptors (Lipinski definition) is 3. The molecule has 1 aromatic heterocycles. The maximum Gasteiger partial charge on any atom is 0.234 e. The van der Waals surface area contributed by atoms with Crippen LogP contribution >= 0.6 is 0 Å². The quantitative estimate of drug-likeness (QED) is 0.755. The summed E-state index contributed by atoms with van der Waals surface area (Å²) in [6.45, 7) is 10.3. The minimum Gasteiger partial charge on any atom is -0.351 e. The number of hydrogen-bond donors (Lipinski definition) is 1. The van der Waals surface area contributed by atoms with Gasteiger partial charge in [-0.25, -0.2) is 0 Å². The van der Waals surface area contributed by atoms with E-state index in [1.165, 1.54) is 31.2 Å². The van der Waals surface area contributed by atoms with Crippen molar-refractivity contribution in [3.63, 3.8) is 0 Å². The lowest BCUT2D eigenvalue weighted by atomic mass is 10.1. The topological polar surface area (TPSA) is 50.2 Å². The molecule has 1 heterocycles. The second kappa shape index (κ2) is 9.37. The van der Waals surface area contributed by atoms with E-state index in [0.29, 0.717) is 25.2 Å². The zero-order valence-corrected chi connectivity index (χ0v) is 17.7. The van der Waals surface area contributed by atoms with E-state index in [9.17, 15) is 4.79 Å². The third-order valence-electron chi connectivity index (χ3n) is 5.95. The van der Waals surface area contributed by atoms with Gasteiger partial charge < -0.3 is 5.32 Å². The van der Waals surface area contributed by atoms with Crippen LogP contribution in [0.3, 0.4) is 0 Å².